The number of aliphatic hydroxyl groups is 1. The minimum absolute atomic E-state index is 0.0149. The van der Waals surface area contributed by atoms with E-state index in [2.05, 4.69) is 13.0 Å². The molecule has 3 heterocycles. The fourth-order valence-electron chi connectivity index (χ4n) is 5.34. The largest absolute Gasteiger partial charge is 0.459 e. The highest BCUT2D eigenvalue weighted by molar-refractivity contribution is 5.89. The number of carbonyl (C=O) groups is 2. The highest BCUT2D eigenvalue weighted by Gasteiger charge is 2.61. The van der Waals surface area contributed by atoms with Gasteiger partial charge in [-0.05, 0) is 64.5 Å². The predicted octanol–water partition coefficient (Wildman–Crippen LogP) is 4.06. The molecule has 3 fully saturated rings. The summed E-state index contributed by atoms with van der Waals surface area (Å²) >= 11 is 0. The van der Waals surface area contributed by atoms with Crippen molar-refractivity contribution in [3.8, 4) is 0 Å². The van der Waals surface area contributed by atoms with Crippen molar-refractivity contribution in [3.05, 3.63) is 36.0 Å². The van der Waals surface area contributed by atoms with E-state index in [1.165, 1.54) is 13.0 Å². The van der Waals surface area contributed by atoms with Crippen LogP contribution in [0.1, 0.15) is 67.2 Å². The second kappa shape index (κ2) is 12.3. The summed E-state index contributed by atoms with van der Waals surface area (Å²) in [6.07, 6.45) is 10.1. The van der Waals surface area contributed by atoms with Crippen molar-refractivity contribution in [2.75, 3.05) is 13.7 Å². The molecule has 1 spiro atoms. The lowest BCUT2D eigenvalue weighted by Gasteiger charge is -2.42. The minimum atomic E-state index is -0.793. The summed E-state index contributed by atoms with van der Waals surface area (Å²) in [6.45, 7) is 11.7. The fourth-order valence-corrected chi connectivity index (χ4v) is 5.34. The molecule has 0 aliphatic carbocycles. The summed E-state index contributed by atoms with van der Waals surface area (Å²) in [5.74, 6) is -0.689. The van der Waals surface area contributed by atoms with E-state index in [9.17, 15) is 14.7 Å². The maximum atomic E-state index is 12.4. The molecule has 0 bridgehead atoms. The Kier molecular flexibility index (Phi) is 9.91. The molecule has 0 aromatic rings. The first-order chi connectivity index (χ1) is 17.4. The molecular formula is C29H44O8. The molecule has 0 amide bonds. The van der Waals surface area contributed by atoms with Gasteiger partial charge in [0.05, 0.1) is 18.8 Å². The molecule has 3 rings (SSSR count). The lowest BCUT2D eigenvalue weighted by atomic mass is 9.81. The van der Waals surface area contributed by atoms with Crippen molar-refractivity contribution in [2.24, 2.45) is 11.8 Å². The second-order valence-electron chi connectivity index (χ2n) is 11.1. The number of rotatable bonds is 10. The molecule has 3 aliphatic heterocycles. The van der Waals surface area contributed by atoms with Crippen LogP contribution >= 0.6 is 0 Å². The number of ketones is 1. The maximum absolute atomic E-state index is 12.4. The number of aliphatic hydroxyl groups excluding tert-OH is 1. The van der Waals surface area contributed by atoms with Crippen molar-refractivity contribution in [2.45, 2.75) is 109 Å². The molecule has 208 valence electrons. The van der Waals surface area contributed by atoms with Crippen molar-refractivity contribution < 1.29 is 38.4 Å². The van der Waals surface area contributed by atoms with Crippen LogP contribution < -0.4 is 0 Å². The topological polar surface area (TPSA) is 104 Å². The summed E-state index contributed by atoms with van der Waals surface area (Å²) < 4.78 is 28.5. The van der Waals surface area contributed by atoms with E-state index in [1.807, 2.05) is 32.9 Å². The molecule has 0 unspecified atom stereocenters. The van der Waals surface area contributed by atoms with Crippen molar-refractivity contribution in [1.82, 2.24) is 0 Å². The number of methoxy groups -OCH3 is 1. The van der Waals surface area contributed by atoms with Crippen LogP contribution in [-0.2, 0) is 33.3 Å². The van der Waals surface area contributed by atoms with Gasteiger partial charge in [0.2, 0.25) is 0 Å². The maximum Gasteiger partial charge on any atom is 0.303 e. The highest BCUT2D eigenvalue weighted by atomic mass is 16.7. The third kappa shape index (κ3) is 8.07. The molecule has 37 heavy (non-hydrogen) atoms. The smallest absolute Gasteiger partial charge is 0.303 e. The number of allylic oxidation sites excluding steroid dienone is 3. The molecule has 3 aliphatic rings. The zero-order chi connectivity index (χ0) is 27.4. The number of esters is 1. The van der Waals surface area contributed by atoms with Gasteiger partial charge >= 0.3 is 5.97 Å². The number of hydrogen-bond donors (Lipinski definition) is 1. The van der Waals surface area contributed by atoms with Crippen molar-refractivity contribution >= 4 is 11.8 Å². The van der Waals surface area contributed by atoms with Crippen LogP contribution in [0.4, 0.5) is 0 Å². The summed E-state index contributed by atoms with van der Waals surface area (Å²) in [6, 6.07) is 0. The molecule has 0 aromatic heterocycles. The van der Waals surface area contributed by atoms with E-state index in [4.69, 9.17) is 23.7 Å². The zero-order valence-corrected chi connectivity index (χ0v) is 23.3. The molecular weight excluding hydrogens is 476 g/mol. The first-order valence-corrected chi connectivity index (χ1v) is 13.3. The number of ether oxygens (including phenoxy) is 5. The normalized spacial score (nSPS) is 39.3. The third-order valence-electron chi connectivity index (χ3n) is 7.75. The SMILES string of the molecule is CO[C@]1(C)C[C@@]2(CO2)[C@H](O)[C@@H](/C=C/C(C)=C/C[C@@H]2O[C@H](C)[C@H](CC(=O)/C=C\[C@H](C)OC(C)=O)C[C@@H]2C)O1. The Labute approximate surface area is 221 Å². The summed E-state index contributed by atoms with van der Waals surface area (Å²) in [4.78, 5) is 23.4. The van der Waals surface area contributed by atoms with E-state index in [0.717, 1.165) is 18.4 Å². The van der Waals surface area contributed by atoms with Crippen LogP contribution in [0.25, 0.3) is 0 Å². The number of hydrogen-bond acceptors (Lipinski definition) is 8. The minimum Gasteiger partial charge on any atom is -0.459 e. The van der Waals surface area contributed by atoms with E-state index in [-0.39, 0.29) is 29.9 Å². The van der Waals surface area contributed by atoms with Crippen molar-refractivity contribution in [1.29, 1.82) is 0 Å². The van der Waals surface area contributed by atoms with E-state index < -0.39 is 29.7 Å². The van der Waals surface area contributed by atoms with Gasteiger partial charge in [0.25, 0.3) is 0 Å². The standard InChI is InChI=1S/C29H44O8/c1-18(9-13-26-27(32)29(17-34-29)16-28(6,33-7)37-26)8-12-25-19(2)14-23(21(4)36-25)15-24(31)11-10-20(3)35-22(5)30/h8-11,13,19-21,23,25-27,32H,12,14-17H2,1-7H3/b11-10-,13-9+,18-8+/t19-,20-,21+,23-,25-,26+,27+,28-,29+/m0/s1. The van der Waals surface area contributed by atoms with Crippen LogP contribution in [0.3, 0.4) is 0 Å². The van der Waals surface area contributed by atoms with Gasteiger partial charge in [0.15, 0.2) is 11.6 Å². The Morgan fingerprint density at radius 3 is 2.54 bits per heavy atom. The third-order valence-corrected chi connectivity index (χ3v) is 7.75. The molecule has 1 N–H and O–H groups in total. The molecule has 0 saturated carbocycles. The first kappa shape index (κ1) is 29.7. The van der Waals surface area contributed by atoms with Gasteiger partial charge in [0.1, 0.15) is 23.9 Å². The van der Waals surface area contributed by atoms with Crippen LogP contribution in [0.5, 0.6) is 0 Å². The summed E-state index contributed by atoms with van der Waals surface area (Å²) in [7, 11) is 1.61. The summed E-state index contributed by atoms with van der Waals surface area (Å²) in [5, 5.41) is 10.7. The highest BCUT2D eigenvalue weighted by Crippen LogP contribution is 2.46. The summed E-state index contributed by atoms with van der Waals surface area (Å²) in [5.41, 5.74) is 0.477. The Bertz CT molecular complexity index is 904. The van der Waals surface area contributed by atoms with Crippen LogP contribution in [0.2, 0.25) is 0 Å². The van der Waals surface area contributed by atoms with E-state index >= 15 is 0 Å². The van der Waals surface area contributed by atoms with Gasteiger partial charge in [-0.25, -0.2) is 0 Å². The lowest BCUT2D eigenvalue weighted by Crippen LogP contribution is -2.55. The number of carbonyl (C=O) groups excluding carboxylic acids is 2. The Morgan fingerprint density at radius 1 is 1.22 bits per heavy atom. The molecule has 0 radical (unpaired) electrons. The van der Waals surface area contributed by atoms with Crippen LogP contribution in [0, 0.1) is 11.8 Å². The van der Waals surface area contributed by atoms with Crippen LogP contribution in [0.15, 0.2) is 36.0 Å². The molecule has 3 saturated heterocycles. The monoisotopic (exact) mass is 520 g/mol. The molecule has 8 heteroatoms. The van der Waals surface area contributed by atoms with E-state index in [1.54, 1.807) is 20.1 Å². The second-order valence-corrected chi connectivity index (χ2v) is 11.1. The predicted molar refractivity (Wildman–Crippen MR) is 139 cm³/mol. The lowest BCUT2D eigenvalue weighted by molar-refractivity contribution is -0.284. The Morgan fingerprint density at radius 2 is 1.92 bits per heavy atom. The van der Waals surface area contributed by atoms with Gasteiger partial charge in [-0.3, -0.25) is 9.59 Å². The average Bonchev–Trinajstić information content (AvgIpc) is 3.59. The zero-order valence-electron chi connectivity index (χ0n) is 23.3. The van der Waals surface area contributed by atoms with Gasteiger partial charge in [-0.1, -0.05) is 30.7 Å². The fraction of sp³-hybridized carbons (Fsp3) is 0.724. The Balaban J connectivity index is 1.50. The molecule has 8 nitrogen and oxygen atoms in total. The van der Waals surface area contributed by atoms with Crippen LogP contribution in [-0.4, -0.2) is 72.5 Å². The van der Waals surface area contributed by atoms with Gasteiger partial charge in [0, 0.05) is 26.9 Å². The molecule has 0 aromatic carbocycles. The van der Waals surface area contributed by atoms with Crippen molar-refractivity contribution in [3.63, 3.8) is 0 Å². The number of epoxide rings is 1. The Hall–Kier alpha value is -1.84. The van der Waals surface area contributed by atoms with Gasteiger partial charge in [-0.2, -0.15) is 0 Å². The van der Waals surface area contributed by atoms with E-state index in [0.29, 0.717) is 25.4 Å². The van der Waals surface area contributed by atoms with Gasteiger partial charge in [-0.15, -0.1) is 0 Å². The quantitative estimate of drug-likeness (QED) is 0.199. The first-order valence-electron chi connectivity index (χ1n) is 13.3. The average molecular weight is 521 g/mol. The molecule has 9 atom stereocenters. The van der Waals surface area contributed by atoms with Gasteiger partial charge < -0.3 is 28.8 Å².